The van der Waals surface area contributed by atoms with Crippen molar-refractivity contribution in [2.75, 3.05) is 40.0 Å². The molecule has 1 aliphatic heterocycles. The number of hydrogen-bond donors (Lipinski definition) is 2. The van der Waals surface area contributed by atoms with E-state index in [0.717, 1.165) is 70.2 Å². The Labute approximate surface area is 177 Å². The Morgan fingerprint density at radius 1 is 1.30 bits per heavy atom. The summed E-state index contributed by atoms with van der Waals surface area (Å²) in [4.78, 5) is 8.68. The molecule has 1 aromatic heterocycles. The second kappa shape index (κ2) is 12.1. The first kappa shape index (κ1) is 21.9. The maximum atomic E-state index is 5.76. The van der Waals surface area contributed by atoms with Crippen LogP contribution in [0.5, 0.6) is 0 Å². The number of benzene rings is 1. The van der Waals surface area contributed by atoms with Gasteiger partial charge >= 0.3 is 0 Å². The molecule has 2 N–H and O–H groups in total. The first-order valence-corrected chi connectivity index (χ1v) is 9.40. The van der Waals surface area contributed by atoms with Crippen LogP contribution in [0.1, 0.15) is 19.3 Å². The molecule has 0 radical (unpaired) electrons. The number of aromatic nitrogens is 2. The van der Waals surface area contributed by atoms with E-state index in [1.54, 1.807) is 7.05 Å². The van der Waals surface area contributed by atoms with Gasteiger partial charge < -0.3 is 24.7 Å². The fourth-order valence-electron chi connectivity index (χ4n) is 3.04. The van der Waals surface area contributed by atoms with Crippen LogP contribution in [-0.4, -0.2) is 61.6 Å². The zero-order valence-electron chi connectivity index (χ0n) is 15.9. The normalized spacial score (nSPS) is 17.1. The van der Waals surface area contributed by atoms with Crippen LogP contribution in [-0.2, 0) is 16.0 Å². The Kier molecular flexibility index (Phi) is 9.85. The van der Waals surface area contributed by atoms with Crippen molar-refractivity contribution < 1.29 is 9.47 Å². The molecule has 1 aromatic carbocycles. The van der Waals surface area contributed by atoms with Crippen molar-refractivity contribution in [3.05, 3.63) is 30.6 Å². The largest absolute Gasteiger partial charge is 0.379 e. The van der Waals surface area contributed by atoms with Crippen molar-refractivity contribution in [1.29, 1.82) is 0 Å². The number of halogens is 1. The lowest BCUT2D eigenvalue weighted by Gasteiger charge is -2.13. The highest BCUT2D eigenvalue weighted by Crippen LogP contribution is 2.11. The van der Waals surface area contributed by atoms with E-state index in [2.05, 4.69) is 31.2 Å². The molecule has 1 unspecified atom stereocenters. The number of fused-ring (bicyclic) bond motifs is 1. The van der Waals surface area contributed by atoms with Gasteiger partial charge in [0.1, 0.15) is 0 Å². The number of aliphatic imine (C=N–C) groups is 1. The van der Waals surface area contributed by atoms with Gasteiger partial charge in [-0.25, -0.2) is 4.98 Å². The number of hydrogen-bond acceptors (Lipinski definition) is 4. The van der Waals surface area contributed by atoms with E-state index in [4.69, 9.17) is 9.47 Å². The number of ether oxygens (including phenoxy) is 2. The Morgan fingerprint density at radius 2 is 2.11 bits per heavy atom. The standard InChI is InChI=1S/C19H29N5O2.HI/c1-20-19(22-10-5-12-26-16-8-13-25-14-16)21-9-4-11-24-15-23-17-6-2-3-7-18(17)24;/h2-3,6-7,15-16H,4-5,8-14H2,1H3,(H2,20,21,22);1H. The highest BCUT2D eigenvalue weighted by molar-refractivity contribution is 14.0. The van der Waals surface area contributed by atoms with Crippen molar-refractivity contribution in [1.82, 2.24) is 20.2 Å². The first-order valence-electron chi connectivity index (χ1n) is 9.40. The molecule has 0 saturated carbocycles. The van der Waals surface area contributed by atoms with E-state index in [9.17, 15) is 0 Å². The summed E-state index contributed by atoms with van der Waals surface area (Å²) in [6, 6.07) is 8.22. The van der Waals surface area contributed by atoms with Crippen molar-refractivity contribution >= 4 is 41.0 Å². The molecule has 1 aliphatic rings. The molecule has 0 bridgehead atoms. The molecule has 0 aliphatic carbocycles. The van der Waals surface area contributed by atoms with Gasteiger partial charge in [-0.3, -0.25) is 4.99 Å². The number of nitrogens with one attached hydrogen (secondary N) is 2. The lowest BCUT2D eigenvalue weighted by Crippen LogP contribution is -2.38. The highest BCUT2D eigenvalue weighted by atomic mass is 127. The summed E-state index contributed by atoms with van der Waals surface area (Å²) in [6.45, 7) is 4.96. The van der Waals surface area contributed by atoms with Gasteiger partial charge in [0.05, 0.1) is 30.1 Å². The second-order valence-corrected chi connectivity index (χ2v) is 6.42. The summed E-state index contributed by atoms with van der Waals surface area (Å²) in [5, 5.41) is 6.68. The number of guanidine groups is 1. The van der Waals surface area contributed by atoms with E-state index in [0.29, 0.717) is 0 Å². The molecule has 7 nitrogen and oxygen atoms in total. The average Bonchev–Trinajstić information content (AvgIpc) is 3.33. The maximum Gasteiger partial charge on any atom is 0.190 e. The molecule has 8 heteroatoms. The number of imidazole rings is 1. The van der Waals surface area contributed by atoms with Crippen molar-refractivity contribution in [3.8, 4) is 0 Å². The van der Waals surface area contributed by atoms with E-state index >= 15 is 0 Å². The summed E-state index contributed by atoms with van der Waals surface area (Å²) in [5.74, 6) is 0.838. The van der Waals surface area contributed by atoms with E-state index < -0.39 is 0 Å². The van der Waals surface area contributed by atoms with Gasteiger partial charge in [0.2, 0.25) is 0 Å². The van der Waals surface area contributed by atoms with Crippen LogP contribution in [0.25, 0.3) is 11.0 Å². The zero-order valence-corrected chi connectivity index (χ0v) is 18.2. The van der Waals surface area contributed by atoms with Crippen LogP contribution in [0, 0.1) is 0 Å². The summed E-state index contributed by atoms with van der Waals surface area (Å²) in [6.07, 6.45) is 5.17. The molecule has 1 atom stereocenters. The van der Waals surface area contributed by atoms with Crippen LogP contribution < -0.4 is 10.6 Å². The van der Waals surface area contributed by atoms with E-state index in [1.165, 1.54) is 5.52 Å². The molecule has 2 heterocycles. The third kappa shape index (κ3) is 6.93. The molecule has 1 saturated heterocycles. The van der Waals surface area contributed by atoms with Crippen LogP contribution in [0.4, 0.5) is 0 Å². The Balaban J connectivity index is 0.00000261. The lowest BCUT2D eigenvalue weighted by molar-refractivity contribution is 0.0420. The zero-order chi connectivity index (χ0) is 18.0. The van der Waals surface area contributed by atoms with Gasteiger partial charge in [-0.1, -0.05) is 12.1 Å². The molecular weight excluding hydrogens is 457 g/mol. The molecule has 150 valence electrons. The monoisotopic (exact) mass is 487 g/mol. The number of rotatable bonds is 9. The third-order valence-corrected chi connectivity index (χ3v) is 4.47. The maximum absolute atomic E-state index is 5.76. The van der Waals surface area contributed by atoms with Crippen LogP contribution >= 0.6 is 24.0 Å². The van der Waals surface area contributed by atoms with E-state index in [1.807, 2.05) is 24.5 Å². The summed E-state index contributed by atoms with van der Waals surface area (Å²) >= 11 is 0. The molecule has 3 rings (SSSR count). The molecule has 0 spiro atoms. The SMILES string of the molecule is CN=C(NCCCOC1CCOC1)NCCCn1cnc2ccccc21.I. The van der Waals surface area contributed by atoms with Gasteiger partial charge in [-0.15, -0.1) is 24.0 Å². The van der Waals surface area contributed by atoms with Gasteiger partial charge in [-0.2, -0.15) is 0 Å². The number of para-hydroxylation sites is 2. The highest BCUT2D eigenvalue weighted by Gasteiger charge is 2.15. The average molecular weight is 487 g/mol. The lowest BCUT2D eigenvalue weighted by atomic mass is 10.3. The Morgan fingerprint density at radius 3 is 2.89 bits per heavy atom. The molecule has 27 heavy (non-hydrogen) atoms. The smallest absolute Gasteiger partial charge is 0.190 e. The predicted molar refractivity (Wildman–Crippen MR) is 119 cm³/mol. The fourth-order valence-corrected chi connectivity index (χ4v) is 3.04. The minimum atomic E-state index is 0. The van der Waals surface area contributed by atoms with Crippen LogP contribution in [0.15, 0.2) is 35.6 Å². The Hall–Kier alpha value is -1.39. The van der Waals surface area contributed by atoms with Crippen LogP contribution in [0.3, 0.4) is 0 Å². The predicted octanol–water partition coefficient (Wildman–Crippen LogP) is 2.41. The molecular formula is C19H30IN5O2. The molecule has 1 fully saturated rings. The van der Waals surface area contributed by atoms with Crippen molar-refractivity contribution in [3.63, 3.8) is 0 Å². The summed E-state index contributed by atoms with van der Waals surface area (Å²) in [5.41, 5.74) is 2.23. The quantitative estimate of drug-likeness (QED) is 0.246. The topological polar surface area (TPSA) is 72.7 Å². The Bertz CT molecular complexity index is 700. The van der Waals surface area contributed by atoms with E-state index in [-0.39, 0.29) is 30.1 Å². The van der Waals surface area contributed by atoms with Gasteiger partial charge in [0, 0.05) is 39.9 Å². The number of aryl methyl sites for hydroxylation is 1. The minimum absolute atomic E-state index is 0. The second-order valence-electron chi connectivity index (χ2n) is 6.42. The van der Waals surface area contributed by atoms with Crippen LogP contribution in [0.2, 0.25) is 0 Å². The van der Waals surface area contributed by atoms with Gasteiger partial charge in [-0.05, 0) is 31.4 Å². The molecule has 0 amide bonds. The van der Waals surface area contributed by atoms with Gasteiger partial charge in [0.15, 0.2) is 5.96 Å². The van der Waals surface area contributed by atoms with Gasteiger partial charge in [0.25, 0.3) is 0 Å². The first-order chi connectivity index (χ1) is 12.9. The molecule has 2 aromatic rings. The summed E-state index contributed by atoms with van der Waals surface area (Å²) in [7, 11) is 1.80. The fraction of sp³-hybridized carbons (Fsp3) is 0.579. The van der Waals surface area contributed by atoms with Crippen molar-refractivity contribution in [2.45, 2.75) is 31.9 Å². The minimum Gasteiger partial charge on any atom is -0.379 e. The third-order valence-electron chi connectivity index (χ3n) is 4.47. The number of nitrogens with zero attached hydrogens (tertiary/aromatic N) is 3. The summed E-state index contributed by atoms with van der Waals surface area (Å²) < 4.78 is 13.3. The van der Waals surface area contributed by atoms with Crippen molar-refractivity contribution in [2.24, 2.45) is 4.99 Å².